The van der Waals surface area contributed by atoms with E-state index in [-0.39, 0.29) is 0 Å². The number of hydrogen-bond acceptors (Lipinski definition) is 8. The molecule has 0 bridgehead atoms. The van der Waals surface area contributed by atoms with Crippen molar-refractivity contribution >= 4 is 53.9 Å². The van der Waals surface area contributed by atoms with Crippen LogP contribution in [0.2, 0.25) is 0 Å². The van der Waals surface area contributed by atoms with Crippen LogP contribution < -0.4 is 16.5 Å². The maximum atomic E-state index is 10.8. The molecule has 3 aromatic carbocycles. The number of carboxylic acid groups (broad SMARTS) is 2. The van der Waals surface area contributed by atoms with Gasteiger partial charge in [0, 0.05) is 0 Å². The fourth-order valence-electron chi connectivity index (χ4n) is 3.00. The van der Waals surface area contributed by atoms with E-state index >= 15 is 0 Å². The number of aliphatic carboxylic acids is 2. The summed E-state index contributed by atoms with van der Waals surface area (Å²) in [5, 5.41) is 17.8. The van der Waals surface area contributed by atoms with Gasteiger partial charge in [-0.25, -0.2) is 0 Å². The minimum absolute atomic E-state index is 0.328. The van der Waals surface area contributed by atoms with Crippen molar-refractivity contribution in [1.82, 2.24) is 0 Å². The van der Waals surface area contributed by atoms with Crippen molar-refractivity contribution in [3.8, 4) is 23.0 Å². The van der Waals surface area contributed by atoms with Gasteiger partial charge in [0.05, 0.1) is 0 Å². The van der Waals surface area contributed by atoms with Gasteiger partial charge in [-0.2, -0.15) is 0 Å². The Bertz CT molecular complexity index is 1210. The number of rotatable bonds is 6. The molecule has 0 fully saturated rings. The third-order valence-corrected chi connectivity index (χ3v) is 6.08. The number of benzene rings is 3. The van der Waals surface area contributed by atoms with Gasteiger partial charge in [-0.15, -0.1) is 0 Å². The summed E-state index contributed by atoms with van der Waals surface area (Å²) in [6, 6.07) is 17.2. The standard InChI is InChI=1S/C24H20N2O8.Ga/c27-21-9-17(33-13-23(29)30)7-5-15(21)11-25-19-3-1-2-4-20(19)26-12-16-6-8-18(10-22(16)28)34-14-24(31)32;/h1-12,27-28H,13-14H2,(H,29,30)(H,31,32);/q;+2/p-2. The van der Waals surface area contributed by atoms with Crippen LogP contribution in [0.25, 0.3) is 0 Å². The number of ether oxygens (including phenoxy) is 2. The van der Waals surface area contributed by atoms with Crippen molar-refractivity contribution in [2.45, 2.75) is 0 Å². The maximum absolute atomic E-state index is 10.8. The van der Waals surface area contributed by atoms with Gasteiger partial charge < -0.3 is 0 Å². The van der Waals surface area contributed by atoms with Gasteiger partial charge in [-0.1, -0.05) is 0 Å². The number of hydrogen-bond donors (Lipinski definition) is 2. The van der Waals surface area contributed by atoms with E-state index in [1.165, 1.54) is 0 Å². The number of nitrogens with zero attached hydrogens (tertiary/aromatic N) is 2. The van der Waals surface area contributed by atoms with Crippen LogP contribution in [-0.2, 0) is 9.59 Å². The number of carboxylic acids is 2. The summed E-state index contributed by atoms with van der Waals surface area (Å²) in [6.45, 7) is -0.973. The molecule has 0 saturated carbocycles. The molecule has 0 aromatic heterocycles. The first-order valence-electron chi connectivity index (χ1n) is 10.3. The average molecular weight is 532 g/mol. The summed E-state index contributed by atoms with van der Waals surface area (Å²) >= 11 is -1.85. The van der Waals surface area contributed by atoms with Crippen LogP contribution in [0.1, 0.15) is 11.1 Å². The molecule has 0 spiro atoms. The summed E-state index contributed by atoms with van der Waals surface area (Å²) in [5.41, 5.74) is 2.54. The molecule has 0 amide bonds. The summed E-state index contributed by atoms with van der Waals surface area (Å²) < 4.78 is 22.5. The van der Waals surface area contributed by atoms with E-state index in [0.717, 1.165) is 0 Å². The van der Waals surface area contributed by atoms with Gasteiger partial charge in [-0.05, 0) is 0 Å². The predicted molar refractivity (Wildman–Crippen MR) is 127 cm³/mol. The van der Waals surface area contributed by atoms with Gasteiger partial charge in [0.15, 0.2) is 0 Å². The summed E-state index contributed by atoms with van der Waals surface area (Å²) in [5.74, 6) is -0.680. The van der Waals surface area contributed by atoms with Gasteiger partial charge in [0.1, 0.15) is 0 Å². The van der Waals surface area contributed by atoms with Crippen molar-refractivity contribution in [2.75, 3.05) is 13.2 Å². The first-order chi connectivity index (χ1) is 17.0. The van der Waals surface area contributed by atoms with E-state index in [1.807, 2.05) is 24.3 Å². The van der Waals surface area contributed by atoms with Gasteiger partial charge in [0.25, 0.3) is 0 Å². The molecule has 1 heterocycles. The molecule has 175 valence electrons. The average Bonchev–Trinajstić information content (AvgIpc) is 2.86. The van der Waals surface area contributed by atoms with E-state index in [4.69, 9.17) is 26.7 Å². The number of carbonyl (C=O) groups is 2. The molecular formula is C24H18GaN2O8. The fraction of sp³-hybridized carbons (Fsp3) is 0.0833. The van der Waals surface area contributed by atoms with Crippen LogP contribution in [0.3, 0.4) is 0 Å². The number of fused-ring (bicyclic) bond motifs is 3. The summed E-state index contributed by atoms with van der Waals surface area (Å²) in [4.78, 5) is 30.8. The molecule has 1 radical (unpaired) electrons. The molecule has 4 rings (SSSR count). The Morgan fingerprint density at radius 1 is 0.743 bits per heavy atom. The van der Waals surface area contributed by atoms with E-state index in [0.29, 0.717) is 45.5 Å². The topological polar surface area (TPSA) is 136 Å². The van der Waals surface area contributed by atoms with Crippen molar-refractivity contribution in [3.63, 3.8) is 0 Å². The van der Waals surface area contributed by atoms with Crippen molar-refractivity contribution in [2.24, 2.45) is 9.98 Å². The molecule has 1 aliphatic rings. The Kier molecular flexibility index (Phi) is 7.70. The van der Waals surface area contributed by atoms with Crippen molar-refractivity contribution < 1.29 is 36.3 Å². The Morgan fingerprint density at radius 3 is 1.63 bits per heavy atom. The molecule has 35 heavy (non-hydrogen) atoms. The molecule has 0 saturated heterocycles. The predicted octanol–water partition coefficient (Wildman–Crippen LogP) is 3.42. The van der Waals surface area contributed by atoms with Gasteiger partial charge in [-0.3, -0.25) is 0 Å². The van der Waals surface area contributed by atoms with E-state index in [2.05, 4.69) is 9.98 Å². The Labute approximate surface area is 208 Å². The second-order valence-corrected chi connectivity index (χ2v) is 8.49. The molecule has 0 aliphatic carbocycles. The van der Waals surface area contributed by atoms with Crippen LogP contribution in [0.5, 0.6) is 23.0 Å². The molecule has 10 nitrogen and oxygen atoms in total. The van der Waals surface area contributed by atoms with Crippen molar-refractivity contribution in [3.05, 3.63) is 71.8 Å². The van der Waals surface area contributed by atoms with Crippen LogP contribution in [0.15, 0.2) is 70.6 Å². The van der Waals surface area contributed by atoms with Crippen LogP contribution >= 0.6 is 0 Å². The zero-order chi connectivity index (χ0) is 24.6. The third kappa shape index (κ3) is 6.65. The Morgan fingerprint density at radius 2 is 1.20 bits per heavy atom. The molecule has 3 aromatic rings. The third-order valence-electron chi connectivity index (χ3n) is 4.61. The SMILES string of the molecule is O=C(O)COc1ccc2c(c1)[O][Ga][O]c1cc(OCC(=O)O)ccc1C=Nc1ccccc1N=C2. The monoisotopic (exact) mass is 531 g/mol. The zero-order valence-electron chi connectivity index (χ0n) is 18.2. The van der Waals surface area contributed by atoms with Gasteiger partial charge in [0.2, 0.25) is 0 Å². The van der Waals surface area contributed by atoms with E-state index in [9.17, 15) is 9.59 Å². The first-order valence-corrected chi connectivity index (χ1v) is 12.3. The summed E-state index contributed by atoms with van der Waals surface area (Å²) in [6.07, 6.45) is 3.26. The van der Waals surface area contributed by atoms with E-state index in [1.54, 1.807) is 48.8 Å². The quantitative estimate of drug-likeness (QED) is 0.462. The normalized spacial score (nSPS) is 12.0. The van der Waals surface area contributed by atoms with Crippen LogP contribution in [0.4, 0.5) is 11.4 Å². The Hall–Kier alpha value is -4.22. The Balaban J connectivity index is 1.71. The second-order valence-electron chi connectivity index (χ2n) is 7.10. The second kappa shape index (κ2) is 11.3. The fourth-order valence-corrected chi connectivity index (χ4v) is 4.40. The first kappa shape index (κ1) is 23.9. The van der Waals surface area contributed by atoms with Crippen LogP contribution in [-0.4, -0.2) is 65.9 Å². The van der Waals surface area contributed by atoms with Crippen molar-refractivity contribution in [1.29, 1.82) is 0 Å². The zero-order valence-corrected chi connectivity index (χ0v) is 20.6. The number of para-hydroxylation sites is 2. The molecule has 1 aliphatic heterocycles. The van der Waals surface area contributed by atoms with Gasteiger partial charge >= 0.3 is 208 Å². The molecule has 0 unspecified atom stereocenters. The van der Waals surface area contributed by atoms with E-state index < -0.39 is 43.3 Å². The van der Waals surface area contributed by atoms with Crippen LogP contribution in [0, 0.1) is 0 Å². The molecule has 11 heteroatoms. The molecular weight excluding hydrogens is 514 g/mol. The minimum atomic E-state index is -1.85. The molecule has 2 N–H and O–H groups in total. The molecule has 0 atom stereocenters. The summed E-state index contributed by atoms with van der Waals surface area (Å²) in [7, 11) is 0. The number of aliphatic imine (C=N–C) groups is 2.